The van der Waals surface area contributed by atoms with Gasteiger partial charge in [-0.3, -0.25) is 4.90 Å². The molecule has 2 aromatic rings. The Morgan fingerprint density at radius 3 is 2.69 bits per heavy atom. The minimum absolute atomic E-state index is 0.221. The van der Waals surface area contributed by atoms with Gasteiger partial charge in [0.15, 0.2) is 11.5 Å². The molecule has 0 saturated carbocycles. The third-order valence-electron chi connectivity index (χ3n) is 5.35. The van der Waals surface area contributed by atoms with Crippen molar-refractivity contribution in [1.29, 1.82) is 0 Å². The van der Waals surface area contributed by atoms with E-state index < -0.39 is 0 Å². The summed E-state index contributed by atoms with van der Waals surface area (Å²) in [5.74, 6) is 0.754. The van der Waals surface area contributed by atoms with Gasteiger partial charge in [0.25, 0.3) is 0 Å². The van der Waals surface area contributed by atoms with Crippen LogP contribution in [0.25, 0.3) is 0 Å². The van der Waals surface area contributed by atoms with E-state index in [0.29, 0.717) is 11.8 Å². The second kappa shape index (κ2) is 9.06. The number of benzene rings is 2. The molecule has 1 saturated heterocycles. The van der Waals surface area contributed by atoms with Gasteiger partial charge in [-0.25, -0.2) is 0 Å². The Hall–Kier alpha value is -2.04. The number of aromatic hydroxyl groups is 1. The molecule has 1 aliphatic rings. The number of piperidine rings is 1. The molecule has 0 spiro atoms. The van der Waals surface area contributed by atoms with E-state index in [9.17, 15) is 5.11 Å². The summed E-state index contributed by atoms with van der Waals surface area (Å²) in [5.41, 5.74) is 2.54. The first-order valence-corrected chi connectivity index (χ1v) is 9.48. The van der Waals surface area contributed by atoms with Gasteiger partial charge in [0, 0.05) is 25.7 Å². The molecule has 2 aromatic carbocycles. The van der Waals surface area contributed by atoms with E-state index in [0.717, 1.165) is 38.2 Å². The first-order chi connectivity index (χ1) is 12.7. The number of nitrogens with zero attached hydrogens (tertiary/aromatic N) is 2. The molecule has 140 valence electrons. The molecule has 0 aromatic heterocycles. The van der Waals surface area contributed by atoms with E-state index in [1.54, 1.807) is 7.11 Å². The van der Waals surface area contributed by atoms with E-state index in [2.05, 4.69) is 47.2 Å². The zero-order valence-corrected chi connectivity index (χ0v) is 15.9. The third kappa shape index (κ3) is 4.99. The van der Waals surface area contributed by atoms with Crippen LogP contribution in [0.15, 0.2) is 48.5 Å². The fraction of sp³-hybridized carbons (Fsp3) is 0.455. The number of phenolic OH excluding ortho intramolecular Hbond substituents is 1. The molecule has 3 rings (SSSR count). The molecule has 0 amide bonds. The van der Waals surface area contributed by atoms with Crippen molar-refractivity contribution < 1.29 is 9.84 Å². The summed E-state index contributed by atoms with van der Waals surface area (Å²) in [6.45, 7) is 4.17. The summed E-state index contributed by atoms with van der Waals surface area (Å²) in [4.78, 5) is 5.00. The zero-order valence-electron chi connectivity index (χ0n) is 15.9. The second-order valence-corrected chi connectivity index (χ2v) is 7.25. The van der Waals surface area contributed by atoms with Crippen LogP contribution in [0.3, 0.4) is 0 Å². The van der Waals surface area contributed by atoms with Crippen LogP contribution < -0.4 is 4.74 Å². The lowest BCUT2D eigenvalue weighted by atomic mass is 10.0. The van der Waals surface area contributed by atoms with Crippen LogP contribution in [0.4, 0.5) is 0 Å². The predicted octanol–water partition coefficient (Wildman–Crippen LogP) is 3.54. The highest BCUT2D eigenvalue weighted by Gasteiger charge is 2.23. The first kappa shape index (κ1) is 18.7. The summed E-state index contributed by atoms with van der Waals surface area (Å²) in [5, 5.41) is 9.99. The molecule has 1 heterocycles. The highest BCUT2D eigenvalue weighted by molar-refractivity contribution is 5.41. The fourth-order valence-corrected chi connectivity index (χ4v) is 3.76. The lowest BCUT2D eigenvalue weighted by Crippen LogP contribution is -2.46. The van der Waals surface area contributed by atoms with Gasteiger partial charge in [0.1, 0.15) is 0 Å². The monoisotopic (exact) mass is 354 g/mol. The lowest BCUT2D eigenvalue weighted by molar-refractivity contribution is 0.112. The van der Waals surface area contributed by atoms with Crippen LogP contribution in [-0.4, -0.2) is 54.7 Å². The van der Waals surface area contributed by atoms with Crippen LogP contribution in [-0.2, 0) is 13.0 Å². The van der Waals surface area contributed by atoms with Crippen molar-refractivity contribution in [3.8, 4) is 11.5 Å². The number of likely N-dealkylation sites (N-methyl/N-ethyl adjacent to an activating group) is 1. The normalized spacial score (nSPS) is 18.2. The maximum Gasteiger partial charge on any atom is 0.160 e. The number of likely N-dealkylation sites (tertiary alicyclic amines) is 1. The van der Waals surface area contributed by atoms with Crippen molar-refractivity contribution in [3.63, 3.8) is 0 Å². The summed E-state index contributed by atoms with van der Waals surface area (Å²) >= 11 is 0. The van der Waals surface area contributed by atoms with Gasteiger partial charge in [-0.2, -0.15) is 0 Å². The third-order valence-corrected chi connectivity index (χ3v) is 5.35. The summed E-state index contributed by atoms with van der Waals surface area (Å²) in [6.07, 6.45) is 3.58. The molecule has 4 heteroatoms. The molecular weight excluding hydrogens is 324 g/mol. The van der Waals surface area contributed by atoms with E-state index in [1.807, 2.05) is 18.2 Å². The zero-order chi connectivity index (χ0) is 18.4. The van der Waals surface area contributed by atoms with Crippen LogP contribution >= 0.6 is 0 Å². The first-order valence-electron chi connectivity index (χ1n) is 9.48. The highest BCUT2D eigenvalue weighted by Crippen LogP contribution is 2.27. The molecule has 4 nitrogen and oxygen atoms in total. The number of ether oxygens (including phenoxy) is 1. The average molecular weight is 354 g/mol. The van der Waals surface area contributed by atoms with Crippen LogP contribution in [0.1, 0.15) is 24.0 Å². The lowest BCUT2D eigenvalue weighted by Gasteiger charge is -2.37. The van der Waals surface area contributed by atoms with Crippen molar-refractivity contribution in [2.24, 2.45) is 0 Å². The Balaban J connectivity index is 1.52. The van der Waals surface area contributed by atoms with Crippen LogP contribution in [0, 0.1) is 0 Å². The molecule has 26 heavy (non-hydrogen) atoms. The molecule has 1 N–H and O–H groups in total. The molecule has 0 bridgehead atoms. The highest BCUT2D eigenvalue weighted by atomic mass is 16.5. The fourth-order valence-electron chi connectivity index (χ4n) is 3.76. The van der Waals surface area contributed by atoms with Gasteiger partial charge >= 0.3 is 0 Å². The van der Waals surface area contributed by atoms with E-state index in [4.69, 9.17) is 4.74 Å². The smallest absolute Gasteiger partial charge is 0.160 e. The Morgan fingerprint density at radius 1 is 1.15 bits per heavy atom. The maximum atomic E-state index is 9.99. The SMILES string of the molecule is COc1ccc(CN2CCCC(N(C)CCc3ccccc3)C2)cc1O. The molecule has 1 aliphatic heterocycles. The quantitative estimate of drug-likeness (QED) is 0.825. The summed E-state index contributed by atoms with van der Waals surface area (Å²) in [7, 11) is 3.82. The Labute approximate surface area is 157 Å². The van der Waals surface area contributed by atoms with Crippen molar-refractivity contribution in [2.75, 3.05) is 33.8 Å². The van der Waals surface area contributed by atoms with Crippen molar-refractivity contribution in [2.45, 2.75) is 31.8 Å². The van der Waals surface area contributed by atoms with Crippen molar-refractivity contribution in [1.82, 2.24) is 9.80 Å². The molecule has 1 unspecified atom stereocenters. The van der Waals surface area contributed by atoms with Crippen molar-refractivity contribution in [3.05, 3.63) is 59.7 Å². The van der Waals surface area contributed by atoms with Crippen LogP contribution in [0.2, 0.25) is 0 Å². The van der Waals surface area contributed by atoms with Gasteiger partial charge in [-0.15, -0.1) is 0 Å². The molecule has 0 aliphatic carbocycles. The maximum absolute atomic E-state index is 9.99. The van der Waals surface area contributed by atoms with Crippen LogP contribution in [0.5, 0.6) is 11.5 Å². The number of phenols is 1. The standard InChI is InChI=1S/C22H30N2O2/c1-23(14-12-18-7-4-3-5-8-18)20-9-6-13-24(17-20)16-19-10-11-22(26-2)21(25)15-19/h3-5,7-8,10-11,15,20,25H,6,9,12-14,16-17H2,1-2H3. The minimum atomic E-state index is 0.221. The molecule has 0 radical (unpaired) electrons. The van der Waals surface area contributed by atoms with Gasteiger partial charge in [-0.1, -0.05) is 36.4 Å². The minimum Gasteiger partial charge on any atom is -0.504 e. The van der Waals surface area contributed by atoms with Gasteiger partial charge in [0.05, 0.1) is 7.11 Å². The number of methoxy groups -OCH3 is 1. The molecular formula is C22H30N2O2. The average Bonchev–Trinajstić information content (AvgIpc) is 2.67. The van der Waals surface area contributed by atoms with Gasteiger partial charge < -0.3 is 14.7 Å². The Morgan fingerprint density at radius 2 is 1.96 bits per heavy atom. The number of rotatable bonds is 7. The largest absolute Gasteiger partial charge is 0.504 e. The van der Waals surface area contributed by atoms with E-state index >= 15 is 0 Å². The number of hydrogen-bond acceptors (Lipinski definition) is 4. The van der Waals surface area contributed by atoms with E-state index in [-0.39, 0.29) is 5.75 Å². The topological polar surface area (TPSA) is 35.9 Å². The number of hydrogen-bond donors (Lipinski definition) is 1. The second-order valence-electron chi connectivity index (χ2n) is 7.25. The summed E-state index contributed by atoms with van der Waals surface area (Å²) in [6, 6.07) is 17.0. The van der Waals surface area contributed by atoms with E-state index in [1.165, 1.54) is 18.4 Å². The van der Waals surface area contributed by atoms with Gasteiger partial charge in [-0.05, 0) is 56.1 Å². The Bertz CT molecular complexity index is 690. The molecule has 1 fully saturated rings. The Kier molecular flexibility index (Phi) is 6.53. The van der Waals surface area contributed by atoms with Crippen molar-refractivity contribution >= 4 is 0 Å². The predicted molar refractivity (Wildman–Crippen MR) is 106 cm³/mol. The summed E-state index contributed by atoms with van der Waals surface area (Å²) < 4.78 is 5.13. The van der Waals surface area contributed by atoms with Gasteiger partial charge in [0.2, 0.25) is 0 Å². The molecule has 1 atom stereocenters.